The number of thiazole rings is 1. The zero-order chi connectivity index (χ0) is 20.4. The summed E-state index contributed by atoms with van der Waals surface area (Å²) in [7, 11) is -1.94. The van der Waals surface area contributed by atoms with Crippen LogP contribution in [0.4, 0.5) is 5.13 Å². The first-order valence-electron chi connectivity index (χ1n) is 9.71. The second-order valence-electron chi connectivity index (χ2n) is 7.17. The van der Waals surface area contributed by atoms with Crippen molar-refractivity contribution >= 4 is 42.6 Å². The molecule has 8 heteroatoms. The summed E-state index contributed by atoms with van der Waals surface area (Å²) in [5.41, 5.74) is 1.17. The van der Waals surface area contributed by atoms with E-state index in [9.17, 15) is 13.2 Å². The highest BCUT2D eigenvalue weighted by Crippen LogP contribution is 2.29. The molecule has 3 aromatic rings. The van der Waals surface area contributed by atoms with Gasteiger partial charge in [0.05, 0.1) is 15.1 Å². The summed E-state index contributed by atoms with van der Waals surface area (Å²) in [4.78, 5) is 19.2. The van der Waals surface area contributed by atoms with Gasteiger partial charge in [-0.3, -0.25) is 9.69 Å². The molecule has 1 fully saturated rings. The minimum absolute atomic E-state index is 0.169. The van der Waals surface area contributed by atoms with E-state index in [-0.39, 0.29) is 10.8 Å². The van der Waals surface area contributed by atoms with Gasteiger partial charge in [-0.2, -0.15) is 4.31 Å². The number of hydrogen-bond acceptors (Lipinski definition) is 5. The maximum absolute atomic E-state index is 13.1. The Kier molecular flexibility index (Phi) is 5.67. The van der Waals surface area contributed by atoms with Gasteiger partial charge in [0.2, 0.25) is 10.0 Å². The third-order valence-corrected chi connectivity index (χ3v) is 8.17. The molecule has 1 aliphatic heterocycles. The van der Waals surface area contributed by atoms with Crippen molar-refractivity contribution in [3.8, 4) is 0 Å². The molecule has 1 aromatic heterocycles. The summed E-state index contributed by atoms with van der Waals surface area (Å²) in [6, 6.07) is 14.0. The predicted molar refractivity (Wildman–Crippen MR) is 116 cm³/mol. The summed E-state index contributed by atoms with van der Waals surface area (Å²) in [5.74, 6) is -0.281. The largest absolute Gasteiger partial charge is 0.287 e. The molecule has 0 saturated carbocycles. The Morgan fingerprint density at radius 2 is 1.76 bits per heavy atom. The number of hydrogen-bond donors (Lipinski definition) is 0. The topological polar surface area (TPSA) is 70.6 Å². The molecular weight excluding hydrogens is 406 g/mol. The Morgan fingerprint density at radius 1 is 1.03 bits per heavy atom. The van der Waals surface area contributed by atoms with Crippen molar-refractivity contribution < 1.29 is 13.2 Å². The van der Waals surface area contributed by atoms with Crippen LogP contribution in [0.5, 0.6) is 0 Å². The number of fused-ring (bicyclic) bond motifs is 1. The van der Waals surface area contributed by atoms with Crippen LogP contribution in [0.1, 0.15) is 36.0 Å². The normalized spacial score (nSPS) is 15.9. The minimum Gasteiger partial charge on any atom is -0.287 e. The summed E-state index contributed by atoms with van der Waals surface area (Å²) < 4.78 is 28.7. The first-order chi connectivity index (χ1) is 14.0. The fraction of sp³-hybridized carbons (Fsp3) is 0.333. The average Bonchev–Trinajstić information content (AvgIpc) is 2.97. The van der Waals surface area contributed by atoms with Crippen LogP contribution >= 0.6 is 11.3 Å². The summed E-state index contributed by atoms with van der Waals surface area (Å²) in [6.07, 6.45) is 3.85. The molecule has 0 aliphatic carbocycles. The SMILES string of the molecule is CN(C(=O)c1cccc(S(=O)(=O)N2CCCCCC2)c1)c1nc2ccccc2s1. The molecular formula is C21H23N3O3S2. The quantitative estimate of drug-likeness (QED) is 0.625. The Labute approximate surface area is 174 Å². The molecule has 0 bridgehead atoms. The van der Waals surface area contributed by atoms with Crippen molar-refractivity contribution in [2.45, 2.75) is 30.6 Å². The number of anilines is 1. The third kappa shape index (κ3) is 4.05. The van der Waals surface area contributed by atoms with Gasteiger partial charge in [0.25, 0.3) is 5.91 Å². The zero-order valence-corrected chi connectivity index (χ0v) is 17.9. The van der Waals surface area contributed by atoms with Crippen LogP contribution in [0.2, 0.25) is 0 Å². The molecule has 0 spiro atoms. The van der Waals surface area contributed by atoms with Gasteiger partial charge in [-0.1, -0.05) is 42.4 Å². The van der Waals surface area contributed by atoms with Gasteiger partial charge >= 0.3 is 0 Å². The van der Waals surface area contributed by atoms with Crippen LogP contribution < -0.4 is 4.90 Å². The monoisotopic (exact) mass is 429 g/mol. The molecule has 0 radical (unpaired) electrons. The second kappa shape index (κ2) is 8.22. The molecule has 0 N–H and O–H groups in total. The Bertz CT molecular complexity index is 1100. The van der Waals surface area contributed by atoms with Gasteiger partial charge in [-0.15, -0.1) is 0 Å². The van der Waals surface area contributed by atoms with Crippen molar-refractivity contribution in [2.24, 2.45) is 0 Å². The van der Waals surface area contributed by atoms with E-state index in [1.54, 1.807) is 29.6 Å². The van der Waals surface area contributed by atoms with E-state index in [0.29, 0.717) is 23.8 Å². The van der Waals surface area contributed by atoms with E-state index < -0.39 is 10.0 Å². The van der Waals surface area contributed by atoms with Crippen LogP contribution in [0, 0.1) is 0 Å². The molecule has 2 heterocycles. The molecule has 1 saturated heterocycles. The molecule has 2 aromatic carbocycles. The van der Waals surface area contributed by atoms with Gasteiger partial charge in [0, 0.05) is 25.7 Å². The molecule has 4 rings (SSSR count). The molecule has 0 unspecified atom stereocenters. The number of carbonyl (C=O) groups excluding carboxylic acids is 1. The lowest BCUT2D eigenvalue weighted by Gasteiger charge is -2.20. The van der Waals surface area contributed by atoms with E-state index in [1.165, 1.54) is 22.3 Å². The fourth-order valence-electron chi connectivity index (χ4n) is 3.50. The lowest BCUT2D eigenvalue weighted by Crippen LogP contribution is -2.32. The van der Waals surface area contributed by atoms with Crippen molar-refractivity contribution in [3.63, 3.8) is 0 Å². The molecule has 29 heavy (non-hydrogen) atoms. The first-order valence-corrected chi connectivity index (χ1v) is 12.0. The van der Waals surface area contributed by atoms with Crippen LogP contribution in [0.15, 0.2) is 53.4 Å². The van der Waals surface area contributed by atoms with Crippen LogP contribution in [-0.2, 0) is 10.0 Å². The van der Waals surface area contributed by atoms with Crippen molar-refractivity contribution in [3.05, 3.63) is 54.1 Å². The Hall–Kier alpha value is -2.29. The number of aromatic nitrogens is 1. The van der Waals surface area contributed by atoms with Gasteiger partial charge < -0.3 is 0 Å². The van der Waals surface area contributed by atoms with E-state index in [2.05, 4.69) is 4.98 Å². The summed E-state index contributed by atoms with van der Waals surface area (Å²) in [6.45, 7) is 1.07. The number of benzene rings is 2. The lowest BCUT2D eigenvalue weighted by atomic mass is 10.2. The Morgan fingerprint density at radius 3 is 2.48 bits per heavy atom. The predicted octanol–water partition coefficient (Wildman–Crippen LogP) is 4.14. The maximum Gasteiger partial charge on any atom is 0.259 e. The smallest absolute Gasteiger partial charge is 0.259 e. The second-order valence-corrected chi connectivity index (χ2v) is 10.1. The number of nitrogens with zero attached hydrogens (tertiary/aromatic N) is 3. The van der Waals surface area contributed by atoms with Crippen molar-refractivity contribution in [2.75, 3.05) is 25.0 Å². The number of rotatable bonds is 4. The Balaban J connectivity index is 1.61. The highest BCUT2D eigenvalue weighted by atomic mass is 32.2. The molecule has 6 nitrogen and oxygen atoms in total. The molecule has 0 atom stereocenters. The van der Waals surface area contributed by atoms with Gasteiger partial charge in [0.1, 0.15) is 0 Å². The zero-order valence-electron chi connectivity index (χ0n) is 16.2. The van der Waals surface area contributed by atoms with Gasteiger partial charge in [-0.05, 0) is 43.2 Å². The van der Waals surface area contributed by atoms with E-state index in [1.807, 2.05) is 24.3 Å². The first kappa shape index (κ1) is 20.0. The van der Waals surface area contributed by atoms with Gasteiger partial charge in [0.15, 0.2) is 5.13 Å². The average molecular weight is 430 g/mol. The number of para-hydroxylation sites is 1. The lowest BCUT2D eigenvalue weighted by molar-refractivity contribution is 0.0993. The highest BCUT2D eigenvalue weighted by molar-refractivity contribution is 7.89. The number of amides is 1. The van der Waals surface area contributed by atoms with Crippen molar-refractivity contribution in [1.29, 1.82) is 0 Å². The minimum atomic E-state index is -3.60. The number of sulfonamides is 1. The standard InChI is InChI=1S/C21H23N3O3S2/c1-23(21-22-18-11-4-5-12-19(18)28-21)20(25)16-9-8-10-17(15-16)29(26,27)24-13-6-2-3-7-14-24/h4-5,8-12,15H,2-3,6-7,13-14H2,1H3. The number of carbonyl (C=O) groups is 1. The van der Waals surface area contributed by atoms with Crippen LogP contribution in [0.25, 0.3) is 10.2 Å². The van der Waals surface area contributed by atoms with E-state index >= 15 is 0 Å². The van der Waals surface area contributed by atoms with E-state index in [4.69, 9.17) is 0 Å². The third-order valence-electron chi connectivity index (χ3n) is 5.16. The molecule has 1 aliphatic rings. The maximum atomic E-state index is 13.1. The molecule has 152 valence electrons. The highest BCUT2D eigenvalue weighted by Gasteiger charge is 2.26. The van der Waals surface area contributed by atoms with Crippen LogP contribution in [-0.4, -0.2) is 43.8 Å². The van der Waals surface area contributed by atoms with E-state index in [0.717, 1.165) is 35.9 Å². The molecule has 1 amide bonds. The van der Waals surface area contributed by atoms with Crippen molar-refractivity contribution in [1.82, 2.24) is 9.29 Å². The van der Waals surface area contributed by atoms with Gasteiger partial charge in [-0.25, -0.2) is 13.4 Å². The summed E-state index contributed by atoms with van der Waals surface area (Å²) in [5, 5.41) is 0.581. The fourth-order valence-corrected chi connectivity index (χ4v) is 5.99. The summed E-state index contributed by atoms with van der Waals surface area (Å²) >= 11 is 1.43. The van der Waals surface area contributed by atoms with Crippen LogP contribution in [0.3, 0.4) is 0 Å².